The van der Waals surface area contributed by atoms with Crippen molar-refractivity contribution in [1.82, 2.24) is 10.6 Å². The van der Waals surface area contributed by atoms with Crippen LogP contribution in [-0.4, -0.2) is 29.7 Å². The van der Waals surface area contributed by atoms with Crippen LogP contribution in [0.25, 0.3) is 0 Å². The van der Waals surface area contributed by atoms with Crippen LogP contribution < -0.4 is 20.1 Å². The van der Waals surface area contributed by atoms with E-state index in [1.165, 1.54) is 0 Å². The van der Waals surface area contributed by atoms with Crippen molar-refractivity contribution in [1.29, 1.82) is 0 Å². The van der Waals surface area contributed by atoms with Crippen molar-refractivity contribution in [2.24, 2.45) is 0 Å². The van der Waals surface area contributed by atoms with Crippen LogP contribution in [-0.2, 0) is 0 Å². The van der Waals surface area contributed by atoms with Gasteiger partial charge in [-0.25, -0.2) is 4.79 Å². The van der Waals surface area contributed by atoms with Crippen molar-refractivity contribution >= 4 is 11.8 Å². The number of ketones is 1. The summed E-state index contributed by atoms with van der Waals surface area (Å²) in [5.41, 5.74) is 1.53. The Kier molecular flexibility index (Phi) is 5.52. The van der Waals surface area contributed by atoms with Crippen molar-refractivity contribution in [3.8, 4) is 11.5 Å². The van der Waals surface area contributed by atoms with Gasteiger partial charge in [0.2, 0.25) is 0 Å². The second-order valence-corrected chi connectivity index (χ2v) is 9.68. The summed E-state index contributed by atoms with van der Waals surface area (Å²) in [6.07, 6.45) is 1.22. The lowest BCUT2D eigenvalue weighted by Crippen LogP contribution is -2.69. The second kappa shape index (κ2) is 8.52. The fraction of sp³-hybridized carbons (Fsp3) is 0.286. The van der Waals surface area contributed by atoms with E-state index < -0.39 is 11.3 Å². The van der Waals surface area contributed by atoms with Gasteiger partial charge in [-0.3, -0.25) is 4.79 Å². The van der Waals surface area contributed by atoms with Gasteiger partial charge < -0.3 is 20.1 Å². The standard InChI is InChI=1S/C28H28N2O4/c1-27(2)18-28(30-26(32)29-27)16-23(19-9-5-3-6-10-19)22-14-13-21(15-25(22)34-28)33-17-24(31)20-11-7-4-8-12-20/h3-15,23H,16-18H2,1-2H3,(H2,29,30,32)/t23-,28-/m1/s1. The molecule has 1 spiro atoms. The van der Waals surface area contributed by atoms with E-state index >= 15 is 0 Å². The quantitative estimate of drug-likeness (QED) is 0.528. The van der Waals surface area contributed by atoms with Crippen LogP contribution in [0.1, 0.15) is 54.1 Å². The van der Waals surface area contributed by atoms with Crippen molar-refractivity contribution in [2.75, 3.05) is 6.61 Å². The summed E-state index contributed by atoms with van der Waals surface area (Å²) in [6.45, 7) is 3.93. The maximum absolute atomic E-state index is 12.5. The number of Topliss-reactive ketones (excluding diaryl/α,β-unsaturated/α-hetero) is 1. The lowest BCUT2D eigenvalue weighted by molar-refractivity contribution is -0.0236. The Morgan fingerprint density at radius 2 is 1.71 bits per heavy atom. The zero-order valence-corrected chi connectivity index (χ0v) is 19.3. The summed E-state index contributed by atoms with van der Waals surface area (Å²) >= 11 is 0. The predicted octanol–water partition coefficient (Wildman–Crippen LogP) is 5.04. The highest BCUT2D eigenvalue weighted by Crippen LogP contribution is 2.47. The Morgan fingerprint density at radius 1 is 1.00 bits per heavy atom. The zero-order valence-electron chi connectivity index (χ0n) is 19.3. The monoisotopic (exact) mass is 456 g/mol. The molecule has 2 N–H and O–H groups in total. The smallest absolute Gasteiger partial charge is 0.318 e. The maximum Gasteiger partial charge on any atom is 0.318 e. The van der Waals surface area contributed by atoms with Crippen molar-refractivity contribution in [2.45, 2.75) is 43.9 Å². The highest BCUT2D eigenvalue weighted by atomic mass is 16.5. The highest BCUT2D eigenvalue weighted by Gasteiger charge is 2.49. The van der Waals surface area contributed by atoms with Crippen LogP contribution >= 0.6 is 0 Å². The van der Waals surface area contributed by atoms with Crippen LogP contribution in [0.15, 0.2) is 78.9 Å². The average molecular weight is 457 g/mol. The lowest BCUT2D eigenvalue weighted by Gasteiger charge is -2.49. The van der Waals surface area contributed by atoms with Gasteiger partial charge in [0.25, 0.3) is 0 Å². The fourth-order valence-corrected chi connectivity index (χ4v) is 5.04. The Balaban J connectivity index is 1.46. The Hall–Kier alpha value is -3.80. The normalized spacial score (nSPS) is 22.6. The van der Waals surface area contributed by atoms with Gasteiger partial charge >= 0.3 is 6.03 Å². The summed E-state index contributed by atoms with van der Waals surface area (Å²) in [7, 11) is 0. The molecule has 1 saturated heterocycles. The average Bonchev–Trinajstić information content (AvgIpc) is 2.81. The molecule has 2 aliphatic rings. The summed E-state index contributed by atoms with van der Waals surface area (Å²) in [4.78, 5) is 25.0. The van der Waals surface area contributed by atoms with E-state index in [4.69, 9.17) is 9.47 Å². The lowest BCUT2D eigenvalue weighted by atomic mass is 9.77. The third-order valence-electron chi connectivity index (χ3n) is 6.39. The molecule has 2 aliphatic heterocycles. The molecule has 174 valence electrons. The van der Waals surface area contributed by atoms with E-state index in [1.807, 2.05) is 68.4 Å². The van der Waals surface area contributed by atoms with E-state index in [1.54, 1.807) is 12.1 Å². The van der Waals surface area contributed by atoms with Crippen LogP contribution in [0.3, 0.4) is 0 Å². The number of fused-ring (bicyclic) bond motifs is 1. The number of nitrogens with one attached hydrogen (secondary N) is 2. The SMILES string of the molecule is CC1(C)C[C@]2(C[C@H](c3ccccc3)c3ccc(OCC(=O)c4ccccc4)cc3O2)NC(=O)N1. The molecule has 2 amide bonds. The number of amides is 2. The molecular formula is C28H28N2O4. The molecule has 3 aromatic carbocycles. The molecule has 0 aliphatic carbocycles. The largest absolute Gasteiger partial charge is 0.485 e. The van der Waals surface area contributed by atoms with Crippen molar-refractivity contribution in [3.63, 3.8) is 0 Å². The molecule has 6 nitrogen and oxygen atoms in total. The van der Waals surface area contributed by atoms with Crippen LogP contribution in [0.4, 0.5) is 4.79 Å². The first-order chi connectivity index (χ1) is 16.3. The van der Waals surface area contributed by atoms with Crippen molar-refractivity contribution in [3.05, 3.63) is 95.6 Å². The Morgan fingerprint density at radius 3 is 2.41 bits per heavy atom. The Bertz CT molecular complexity index is 1210. The first kappa shape index (κ1) is 22.0. The summed E-state index contributed by atoms with van der Waals surface area (Å²) < 4.78 is 12.4. The van der Waals surface area contributed by atoms with E-state index in [0.29, 0.717) is 29.9 Å². The van der Waals surface area contributed by atoms with Gasteiger partial charge in [-0.2, -0.15) is 0 Å². The number of hydrogen-bond donors (Lipinski definition) is 2. The zero-order chi connectivity index (χ0) is 23.8. The Labute approximate surface area is 199 Å². The molecule has 0 bridgehead atoms. The number of urea groups is 1. The number of hydrogen-bond acceptors (Lipinski definition) is 4. The number of ether oxygens (including phenoxy) is 2. The van der Waals surface area contributed by atoms with Gasteiger partial charge in [0.05, 0.1) is 0 Å². The van der Waals surface area contributed by atoms with E-state index in [0.717, 1.165) is 11.1 Å². The van der Waals surface area contributed by atoms with Crippen LogP contribution in [0.2, 0.25) is 0 Å². The molecule has 2 heterocycles. The van der Waals surface area contributed by atoms with Gasteiger partial charge in [-0.1, -0.05) is 66.7 Å². The minimum absolute atomic E-state index is 0.0409. The summed E-state index contributed by atoms with van der Waals surface area (Å²) in [5, 5.41) is 6.03. The van der Waals surface area contributed by atoms with E-state index in [-0.39, 0.29) is 24.3 Å². The topological polar surface area (TPSA) is 76.7 Å². The van der Waals surface area contributed by atoms with Crippen molar-refractivity contribution < 1.29 is 19.1 Å². The molecule has 34 heavy (non-hydrogen) atoms. The third-order valence-corrected chi connectivity index (χ3v) is 6.39. The molecular weight excluding hydrogens is 428 g/mol. The third kappa shape index (κ3) is 4.49. The van der Waals surface area contributed by atoms with Crippen LogP contribution in [0.5, 0.6) is 11.5 Å². The van der Waals surface area contributed by atoms with E-state index in [9.17, 15) is 9.59 Å². The fourth-order valence-electron chi connectivity index (χ4n) is 5.04. The summed E-state index contributed by atoms with van der Waals surface area (Å²) in [5.74, 6) is 1.15. The highest BCUT2D eigenvalue weighted by molar-refractivity contribution is 5.97. The van der Waals surface area contributed by atoms with Gasteiger partial charge in [-0.05, 0) is 25.5 Å². The predicted molar refractivity (Wildman–Crippen MR) is 129 cm³/mol. The molecule has 3 aromatic rings. The number of benzene rings is 3. The number of carbonyl (C=O) groups excluding carboxylic acids is 2. The van der Waals surface area contributed by atoms with Gasteiger partial charge in [0.1, 0.15) is 11.5 Å². The maximum atomic E-state index is 12.5. The molecule has 2 atom stereocenters. The molecule has 6 heteroatoms. The van der Waals surface area contributed by atoms with Gasteiger partial charge in [0, 0.05) is 41.5 Å². The van der Waals surface area contributed by atoms with Gasteiger partial charge in [-0.15, -0.1) is 0 Å². The first-order valence-electron chi connectivity index (χ1n) is 11.5. The second-order valence-electron chi connectivity index (χ2n) is 9.68. The molecule has 5 rings (SSSR count). The summed E-state index contributed by atoms with van der Waals surface area (Å²) in [6, 6.07) is 24.8. The number of carbonyl (C=O) groups is 2. The molecule has 1 fully saturated rings. The minimum Gasteiger partial charge on any atom is -0.485 e. The van der Waals surface area contributed by atoms with E-state index in [2.05, 4.69) is 22.8 Å². The number of rotatable bonds is 5. The molecule has 0 aromatic heterocycles. The molecule has 0 unspecified atom stereocenters. The molecule has 0 radical (unpaired) electrons. The first-order valence-corrected chi connectivity index (χ1v) is 11.5. The van der Waals surface area contributed by atoms with Crippen LogP contribution in [0, 0.1) is 0 Å². The minimum atomic E-state index is -0.849. The van der Waals surface area contributed by atoms with Gasteiger partial charge in [0.15, 0.2) is 18.1 Å². The molecule has 0 saturated carbocycles.